The minimum Gasteiger partial charge on any atom is -0.467 e. The number of rotatable bonds is 6. The summed E-state index contributed by atoms with van der Waals surface area (Å²) >= 11 is 6.50. The van der Waals surface area contributed by atoms with E-state index in [1.165, 1.54) is 27.9 Å². The summed E-state index contributed by atoms with van der Waals surface area (Å²) in [6.07, 6.45) is 4.73. The van der Waals surface area contributed by atoms with Gasteiger partial charge < -0.3 is 9.32 Å². The lowest BCUT2D eigenvalue weighted by molar-refractivity contribution is -0.137. The fraction of sp³-hybridized carbons (Fsp3) is 0.444. The van der Waals surface area contributed by atoms with E-state index >= 15 is 0 Å². The zero-order chi connectivity index (χ0) is 19.0. The lowest BCUT2D eigenvalue weighted by Crippen LogP contribution is -2.41. The summed E-state index contributed by atoms with van der Waals surface area (Å²) < 4.78 is 7.81. The summed E-state index contributed by atoms with van der Waals surface area (Å²) in [5.74, 6) is 0.718. The second-order valence-electron chi connectivity index (χ2n) is 6.71. The summed E-state index contributed by atoms with van der Waals surface area (Å²) in [5.41, 5.74) is 3.43. The Morgan fingerprint density at radius 3 is 2.96 bits per heavy atom. The topological polar surface area (TPSA) is 71.6 Å². The highest BCUT2D eigenvalue weighted by molar-refractivity contribution is 8.23. The van der Waals surface area contributed by atoms with Crippen molar-refractivity contribution in [3.8, 4) is 0 Å². The van der Waals surface area contributed by atoms with Gasteiger partial charge in [0.2, 0.25) is 11.8 Å². The molecule has 2 aromatic heterocycles. The number of thiocarbonyl (C=S) groups is 1. The largest absolute Gasteiger partial charge is 0.467 e. The van der Waals surface area contributed by atoms with E-state index < -0.39 is 0 Å². The molecule has 0 spiro atoms. The number of carbonyl (C=O) groups is 2. The fourth-order valence-electron chi connectivity index (χ4n) is 3.60. The average Bonchev–Trinajstić information content (AvgIpc) is 3.40. The van der Waals surface area contributed by atoms with Gasteiger partial charge >= 0.3 is 0 Å². The molecule has 0 aromatic carbocycles. The molecule has 4 rings (SSSR count). The van der Waals surface area contributed by atoms with Crippen molar-refractivity contribution < 1.29 is 14.0 Å². The van der Waals surface area contributed by atoms with Crippen LogP contribution in [0.4, 0.5) is 0 Å². The van der Waals surface area contributed by atoms with Crippen LogP contribution < -0.4 is 0 Å². The van der Waals surface area contributed by atoms with Gasteiger partial charge in [0.25, 0.3) is 0 Å². The normalized spacial score (nSPS) is 16.3. The number of hydrogen-bond donors (Lipinski definition) is 0. The number of thioether (sulfide) groups is 1. The number of aromatic nitrogens is 2. The molecular formula is C18H20N4O3S2. The van der Waals surface area contributed by atoms with Crippen molar-refractivity contribution in [2.24, 2.45) is 7.05 Å². The molecule has 2 amide bonds. The number of furan rings is 1. The number of hydrogen-bond acceptors (Lipinski definition) is 6. The molecular weight excluding hydrogens is 384 g/mol. The van der Waals surface area contributed by atoms with Gasteiger partial charge in [-0.25, -0.2) is 0 Å². The zero-order valence-electron chi connectivity index (χ0n) is 15.0. The molecule has 1 aliphatic carbocycles. The van der Waals surface area contributed by atoms with Crippen molar-refractivity contribution >= 4 is 40.1 Å². The van der Waals surface area contributed by atoms with Crippen LogP contribution in [-0.2, 0) is 42.6 Å². The molecule has 1 fully saturated rings. The Balaban J connectivity index is 1.55. The van der Waals surface area contributed by atoms with E-state index in [9.17, 15) is 9.59 Å². The van der Waals surface area contributed by atoms with Gasteiger partial charge in [0.05, 0.1) is 30.8 Å². The Labute approximate surface area is 166 Å². The van der Waals surface area contributed by atoms with Gasteiger partial charge in [0, 0.05) is 12.7 Å². The molecule has 2 aromatic rings. The van der Waals surface area contributed by atoms with Crippen LogP contribution >= 0.6 is 24.0 Å². The maximum Gasteiger partial charge on any atom is 0.243 e. The van der Waals surface area contributed by atoms with E-state index in [0.29, 0.717) is 28.9 Å². The molecule has 0 atom stereocenters. The number of amides is 2. The third kappa shape index (κ3) is 3.66. The second-order valence-corrected chi connectivity index (χ2v) is 8.32. The first-order chi connectivity index (χ1) is 13.0. The lowest BCUT2D eigenvalue weighted by atomic mass is 10.2. The van der Waals surface area contributed by atoms with Crippen LogP contribution in [0.3, 0.4) is 0 Å². The van der Waals surface area contributed by atoms with Gasteiger partial charge in [-0.2, -0.15) is 5.10 Å². The van der Waals surface area contributed by atoms with Crippen molar-refractivity contribution in [2.45, 2.75) is 32.4 Å². The Morgan fingerprint density at radius 2 is 2.26 bits per heavy atom. The molecule has 27 heavy (non-hydrogen) atoms. The van der Waals surface area contributed by atoms with Crippen LogP contribution in [0.5, 0.6) is 0 Å². The van der Waals surface area contributed by atoms with E-state index in [1.807, 2.05) is 17.8 Å². The maximum absolute atomic E-state index is 13.0. The number of fused-ring (bicyclic) bond motifs is 1. The fourth-order valence-corrected chi connectivity index (χ4v) is 4.67. The third-order valence-electron chi connectivity index (χ3n) is 4.95. The van der Waals surface area contributed by atoms with Gasteiger partial charge in [0.15, 0.2) is 0 Å². The van der Waals surface area contributed by atoms with Gasteiger partial charge in [-0.3, -0.25) is 19.2 Å². The van der Waals surface area contributed by atoms with E-state index in [2.05, 4.69) is 5.10 Å². The van der Waals surface area contributed by atoms with E-state index in [0.717, 1.165) is 25.0 Å². The van der Waals surface area contributed by atoms with Crippen molar-refractivity contribution in [3.63, 3.8) is 0 Å². The first-order valence-electron chi connectivity index (χ1n) is 8.84. The molecule has 2 aliphatic rings. The molecule has 0 radical (unpaired) electrons. The monoisotopic (exact) mass is 404 g/mol. The van der Waals surface area contributed by atoms with Crippen LogP contribution in [0.15, 0.2) is 22.8 Å². The summed E-state index contributed by atoms with van der Waals surface area (Å²) in [6.45, 7) is 0.685. The standard InChI is InChI=1S/C18H20N4O3S2/c1-20-15-6-2-5-13(15)14(19-20)9-21(8-12-4-3-7-25-12)16(23)10-22-17(24)11-27-18(22)26/h3-4,7H,2,5-6,8-11H2,1H3. The predicted octanol–water partition coefficient (Wildman–Crippen LogP) is 1.89. The minimum absolute atomic E-state index is 0.0413. The highest BCUT2D eigenvalue weighted by atomic mass is 32.2. The van der Waals surface area contributed by atoms with E-state index in [-0.39, 0.29) is 18.4 Å². The summed E-state index contributed by atoms with van der Waals surface area (Å²) in [6, 6.07) is 3.64. The quantitative estimate of drug-likeness (QED) is 0.685. The van der Waals surface area contributed by atoms with Crippen LogP contribution in [0.2, 0.25) is 0 Å². The summed E-state index contributed by atoms with van der Waals surface area (Å²) in [5, 5.41) is 4.63. The average molecular weight is 405 g/mol. The van der Waals surface area contributed by atoms with Gasteiger partial charge in [0.1, 0.15) is 16.6 Å². The molecule has 1 aliphatic heterocycles. The van der Waals surface area contributed by atoms with Crippen LogP contribution in [0.1, 0.15) is 29.1 Å². The van der Waals surface area contributed by atoms with Crippen molar-refractivity contribution in [2.75, 3.05) is 12.3 Å². The Kier molecular flexibility index (Phi) is 5.05. The highest BCUT2D eigenvalue weighted by Crippen LogP contribution is 2.26. The molecule has 1 saturated heterocycles. The Bertz CT molecular complexity index is 875. The Hall–Kier alpha value is -2.13. The number of nitrogens with zero attached hydrogens (tertiary/aromatic N) is 4. The Morgan fingerprint density at radius 1 is 1.41 bits per heavy atom. The highest BCUT2D eigenvalue weighted by Gasteiger charge is 2.31. The third-order valence-corrected chi connectivity index (χ3v) is 6.39. The summed E-state index contributed by atoms with van der Waals surface area (Å²) in [7, 11) is 1.95. The molecule has 0 saturated carbocycles. The molecule has 3 heterocycles. The number of aryl methyl sites for hydroxylation is 1. The minimum atomic E-state index is -0.165. The predicted molar refractivity (Wildman–Crippen MR) is 105 cm³/mol. The van der Waals surface area contributed by atoms with Crippen LogP contribution in [-0.4, -0.2) is 48.0 Å². The number of carbonyl (C=O) groups excluding carboxylic acids is 2. The van der Waals surface area contributed by atoms with Gasteiger partial charge in [-0.1, -0.05) is 24.0 Å². The van der Waals surface area contributed by atoms with Crippen LogP contribution in [0, 0.1) is 0 Å². The first-order valence-corrected chi connectivity index (χ1v) is 10.2. The van der Waals surface area contributed by atoms with Gasteiger partial charge in [-0.15, -0.1) is 0 Å². The van der Waals surface area contributed by atoms with E-state index in [1.54, 1.807) is 17.2 Å². The molecule has 9 heteroatoms. The molecule has 7 nitrogen and oxygen atoms in total. The van der Waals surface area contributed by atoms with E-state index in [4.69, 9.17) is 16.6 Å². The van der Waals surface area contributed by atoms with Crippen molar-refractivity contribution in [3.05, 3.63) is 41.1 Å². The zero-order valence-corrected chi connectivity index (χ0v) is 16.6. The van der Waals surface area contributed by atoms with Crippen molar-refractivity contribution in [1.82, 2.24) is 19.6 Å². The maximum atomic E-state index is 13.0. The molecule has 0 N–H and O–H groups in total. The molecule has 0 bridgehead atoms. The molecule has 142 valence electrons. The summed E-state index contributed by atoms with van der Waals surface area (Å²) in [4.78, 5) is 28.1. The van der Waals surface area contributed by atoms with Crippen molar-refractivity contribution in [1.29, 1.82) is 0 Å². The SMILES string of the molecule is Cn1nc(CN(Cc2ccco2)C(=O)CN2C(=O)CSC2=S)c2c1CCC2. The lowest BCUT2D eigenvalue weighted by Gasteiger charge is -2.24. The first kappa shape index (κ1) is 18.2. The smallest absolute Gasteiger partial charge is 0.243 e. The molecule has 0 unspecified atom stereocenters. The van der Waals surface area contributed by atoms with Gasteiger partial charge in [-0.05, 0) is 37.0 Å². The second kappa shape index (κ2) is 7.47. The van der Waals surface area contributed by atoms with Crippen LogP contribution in [0.25, 0.3) is 0 Å².